The van der Waals surface area contributed by atoms with Crippen LogP contribution in [0.25, 0.3) is 0 Å². The molecular formula is C30H31ClFN5O5. The van der Waals surface area contributed by atoms with E-state index in [1.54, 1.807) is 45.0 Å². The van der Waals surface area contributed by atoms with E-state index < -0.39 is 35.4 Å². The van der Waals surface area contributed by atoms with Crippen molar-refractivity contribution in [2.75, 3.05) is 13.1 Å². The lowest BCUT2D eigenvalue weighted by molar-refractivity contribution is 0.00941. The second-order valence-corrected chi connectivity index (χ2v) is 12.1. The van der Waals surface area contributed by atoms with E-state index in [1.807, 2.05) is 4.68 Å². The predicted octanol–water partition coefficient (Wildman–Crippen LogP) is 5.12. The number of benzene rings is 2. The molecule has 42 heavy (non-hydrogen) atoms. The predicted molar refractivity (Wildman–Crippen MR) is 150 cm³/mol. The fourth-order valence-electron chi connectivity index (χ4n) is 5.89. The zero-order valence-electron chi connectivity index (χ0n) is 23.7. The molecule has 4 heterocycles. The van der Waals surface area contributed by atoms with Gasteiger partial charge in [0.1, 0.15) is 17.9 Å². The van der Waals surface area contributed by atoms with Crippen LogP contribution in [-0.2, 0) is 30.7 Å². The average Bonchev–Trinajstić information content (AvgIpc) is 3.46. The SMILES string of the molecule is CC(C)(C)OC(=O)N1CCc2c(Cl)cc(F)c(OCc3nnn4c3CCCC4)c2[C@H]1CN1C(=O)c2ccccc2C1=O. The highest BCUT2D eigenvalue weighted by atomic mass is 35.5. The van der Waals surface area contributed by atoms with Crippen molar-refractivity contribution >= 4 is 29.5 Å². The Labute approximate surface area is 247 Å². The minimum Gasteiger partial charge on any atom is -0.484 e. The first kappa shape index (κ1) is 28.1. The molecule has 0 N–H and O–H groups in total. The summed E-state index contributed by atoms with van der Waals surface area (Å²) in [6.07, 6.45) is 2.44. The average molecular weight is 596 g/mol. The second-order valence-electron chi connectivity index (χ2n) is 11.7. The molecule has 6 rings (SSSR count). The standard InChI is InChI=1S/C30H31ClFN5O5/c1-30(2,3)42-29(40)35-13-11-19-20(31)14-21(32)26(41-16-22-23-10-6-7-12-37(23)34-33-22)25(19)24(35)15-36-27(38)17-8-4-5-9-18(17)28(36)39/h4-5,8-9,14,24H,6-7,10-13,15-16H2,1-3H3/t24-/m1/s1. The molecule has 0 bridgehead atoms. The minimum absolute atomic E-state index is 0.0491. The minimum atomic E-state index is -0.983. The molecule has 0 saturated heterocycles. The Balaban J connectivity index is 1.41. The van der Waals surface area contributed by atoms with Crippen LogP contribution >= 0.6 is 11.6 Å². The Morgan fingerprint density at radius 3 is 2.50 bits per heavy atom. The molecule has 0 aliphatic carbocycles. The summed E-state index contributed by atoms with van der Waals surface area (Å²) in [5.41, 5.74) is 2.16. The van der Waals surface area contributed by atoms with Crippen molar-refractivity contribution in [3.05, 3.63) is 74.8 Å². The van der Waals surface area contributed by atoms with E-state index in [0.29, 0.717) is 23.2 Å². The van der Waals surface area contributed by atoms with Crippen LogP contribution in [0.4, 0.5) is 9.18 Å². The van der Waals surface area contributed by atoms with E-state index in [1.165, 1.54) is 11.0 Å². The maximum Gasteiger partial charge on any atom is 0.410 e. The number of fused-ring (bicyclic) bond motifs is 3. The number of hydrogen-bond acceptors (Lipinski definition) is 7. The smallest absolute Gasteiger partial charge is 0.410 e. The number of carbonyl (C=O) groups excluding carboxylic acids is 3. The van der Waals surface area contributed by atoms with Gasteiger partial charge in [0, 0.05) is 23.7 Å². The summed E-state index contributed by atoms with van der Waals surface area (Å²) < 4.78 is 29.4. The van der Waals surface area contributed by atoms with Gasteiger partial charge in [-0.3, -0.25) is 19.4 Å². The van der Waals surface area contributed by atoms with Gasteiger partial charge >= 0.3 is 6.09 Å². The molecule has 2 aromatic carbocycles. The van der Waals surface area contributed by atoms with E-state index in [0.717, 1.165) is 36.4 Å². The number of rotatable bonds is 5. The van der Waals surface area contributed by atoms with Gasteiger partial charge in [0.2, 0.25) is 0 Å². The number of amides is 3. The van der Waals surface area contributed by atoms with Gasteiger partial charge in [-0.25, -0.2) is 13.9 Å². The zero-order valence-corrected chi connectivity index (χ0v) is 24.4. The van der Waals surface area contributed by atoms with Crippen LogP contribution in [-0.4, -0.2) is 61.4 Å². The van der Waals surface area contributed by atoms with Crippen molar-refractivity contribution in [1.82, 2.24) is 24.8 Å². The molecule has 0 fully saturated rings. The Morgan fingerprint density at radius 1 is 1.10 bits per heavy atom. The molecule has 1 aromatic heterocycles. The Kier molecular flexibility index (Phi) is 7.16. The molecule has 10 nitrogen and oxygen atoms in total. The van der Waals surface area contributed by atoms with Crippen molar-refractivity contribution < 1.29 is 28.2 Å². The molecule has 3 aliphatic heterocycles. The van der Waals surface area contributed by atoms with Crippen molar-refractivity contribution in [2.45, 2.75) is 71.2 Å². The maximum atomic E-state index is 15.7. The van der Waals surface area contributed by atoms with Crippen LogP contribution in [0, 0.1) is 5.82 Å². The van der Waals surface area contributed by atoms with Crippen LogP contribution in [0.15, 0.2) is 30.3 Å². The summed E-state index contributed by atoms with van der Waals surface area (Å²) in [4.78, 5) is 42.7. The fourth-order valence-corrected chi connectivity index (χ4v) is 6.18. The first-order valence-electron chi connectivity index (χ1n) is 14.0. The normalized spacial score (nSPS) is 18.1. The van der Waals surface area contributed by atoms with Crippen molar-refractivity contribution in [3.8, 4) is 5.75 Å². The largest absolute Gasteiger partial charge is 0.484 e. The molecule has 0 saturated carbocycles. The number of imide groups is 1. The first-order chi connectivity index (χ1) is 20.0. The lowest BCUT2D eigenvalue weighted by Crippen LogP contribution is -2.48. The number of aromatic nitrogens is 3. The van der Waals surface area contributed by atoms with Gasteiger partial charge in [-0.05, 0) is 70.2 Å². The summed E-state index contributed by atoms with van der Waals surface area (Å²) in [6, 6.07) is 6.74. The van der Waals surface area contributed by atoms with Crippen molar-refractivity contribution in [3.63, 3.8) is 0 Å². The van der Waals surface area contributed by atoms with Crippen LogP contribution in [0.1, 0.15) is 82.9 Å². The lowest BCUT2D eigenvalue weighted by Gasteiger charge is -2.40. The molecule has 220 valence electrons. The Bertz CT molecular complexity index is 1560. The number of carbonyl (C=O) groups is 3. The third-order valence-electron chi connectivity index (χ3n) is 7.81. The Morgan fingerprint density at radius 2 is 1.81 bits per heavy atom. The van der Waals surface area contributed by atoms with Crippen LogP contribution in [0.5, 0.6) is 5.75 Å². The fraction of sp³-hybridized carbons (Fsp3) is 0.433. The van der Waals surface area contributed by atoms with Gasteiger partial charge in [0.15, 0.2) is 11.6 Å². The highest BCUT2D eigenvalue weighted by Gasteiger charge is 2.43. The van der Waals surface area contributed by atoms with Gasteiger partial charge in [0.05, 0.1) is 29.4 Å². The first-order valence-corrected chi connectivity index (χ1v) is 14.4. The van der Waals surface area contributed by atoms with E-state index in [4.69, 9.17) is 21.1 Å². The number of aryl methyl sites for hydroxylation is 1. The van der Waals surface area contributed by atoms with E-state index >= 15 is 4.39 Å². The highest BCUT2D eigenvalue weighted by molar-refractivity contribution is 6.31. The van der Waals surface area contributed by atoms with Gasteiger partial charge in [-0.2, -0.15) is 0 Å². The lowest BCUT2D eigenvalue weighted by atomic mass is 9.91. The third kappa shape index (κ3) is 4.99. The second kappa shape index (κ2) is 10.7. The van der Waals surface area contributed by atoms with Crippen LogP contribution in [0.3, 0.4) is 0 Å². The van der Waals surface area contributed by atoms with Gasteiger partial charge in [-0.15, -0.1) is 5.10 Å². The molecular weight excluding hydrogens is 565 g/mol. The molecule has 0 spiro atoms. The molecule has 12 heteroatoms. The summed E-state index contributed by atoms with van der Waals surface area (Å²) in [7, 11) is 0. The molecule has 1 atom stereocenters. The van der Waals surface area contributed by atoms with Crippen LogP contribution < -0.4 is 4.74 Å². The summed E-state index contributed by atoms with van der Waals surface area (Å²) in [5, 5.41) is 8.63. The maximum absolute atomic E-state index is 15.7. The molecule has 3 aromatic rings. The molecule has 0 unspecified atom stereocenters. The van der Waals surface area contributed by atoms with Crippen molar-refractivity contribution in [2.24, 2.45) is 0 Å². The number of hydrogen-bond donors (Lipinski definition) is 0. The topological polar surface area (TPSA) is 107 Å². The number of halogens is 2. The quantitative estimate of drug-likeness (QED) is 0.377. The van der Waals surface area contributed by atoms with Gasteiger partial charge < -0.3 is 9.47 Å². The summed E-state index contributed by atoms with van der Waals surface area (Å²) in [5.74, 6) is -1.82. The summed E-state index contributed by atoms with van der Waals surface area (Å²) in [6.45, 7) is 5.88. The van der Waals surface area contributed by atoms with Crippen molar-refractivity contribution in [1.29, 1.82) is 0 Å². The molecule has 3 amide bonds. The number of nitrogens with zero attached hydrogens (tertiary/aromatic N) is 5. The van der Waals surface area contributed by atoms with Crippen LogP contribution in [0.2, 0.25) is 5.02 Å². The number of ether oxygens (including phenoxy) is 2. The third-order valence-corrected chi connectivity index (χ3v) is 8.14. The van der Waals surface area contributed by atoms with Gasteiger partial charge in [0.25, 0.3) is 11.8 Å². The zero-order chi connectivity index (χ0) is 29.8. The van der Waals surface area contributed by atoms with E-state index in [9.17, 15) is 14.4 Å². The highest BCUT2D eigenvalue weighted by Crippen LogP contribution is 2.44. The summed E-state index contributed by atoms with van der Waals surface area (Å²) >= 11 is 6.56. The molecule has 0 radical (unpaired) electrons. The van der Waals surface area contributed by atoms with E-state index in [2.05, 4.69) is 10.3 Å². The Hall–Kier alpha value is -3.99. The van der Waals surface area contributed by atoms with Gasteiger partial charge in [-0.1, -0.05) is 28.9 Å². The molecule has 3 aliphatic rings. The van der Waals surface area contributed by atoms with E-state index in [-0.39, 0.29) is 41.6 Å². The monoisotopic (exact) mass is 595 g/mol.